The summed E-state index contributed by atoms with van der Waals surface area (Å²) >= 11 is 19.1. The van der Waals surface area contributed by atoms with Crippen LogP contribution in [0.25, 0.3) is 0 Å². The summed E-state index contributed by atoms with van der Waals surface area (Å²) in [6.45, 7) is 0. The zero-order chi connectivity index (χ0) is 54.9. The first-order valence-electron chi connectivity index (χ1n) is 22.9. The fourth-order valence-corrected chi connectivity index (χ4v) is 16.4. The summed E-state index contributed by atoms with van der Waals surface area (Å²) in [5.41, 5.74) is 0. The van der Waals surface area contributed by atoms with E-state index in [1.807, 2.05) is 0 Å². The Labute approximate surface area is 473 Å². The van der Waals surface area contributed by atoms with Crippen LogP contribution in [0.2, 0.25) is 0 Å². The van der Waals surface area contributed by atoms with Gasteiger partial charge in [0.1, 0.15) is 0 Å². The molecule has 418 valence electrons. The number of alkyl halides is 4. The van der Waals surface area contributed by atoms with Gasteiger partial charge in [0.2, 0.25) is 0 Å². The maximum absolute atomic E-state index is 10.7. The van der Waals surface area contributed by atoms with Crippen LogP contribution in [0, 0.1) is 0 Å². The van der Waals surface area contributed by atoms with Gasteiger partial charge in [0.25, 0.3) is 0 Å². The molecule has 0 N–H and O–H groups in total. The van der Waals surface area contributed by atoms with Gasteiger partial charge in [0.05, 0.1) is 10.7 Å². The second-order valence-electron chi connectivity index (χ2n) is 16.2. The fraction of sp³-hybridized carbons (Fsp3) is 0.280. The largest absolute Gasteiger partial charge is 4.00 e. The van der Waals surface area contributed by atoms with Crippen LogP contribution >= 0.6 is 95.6 Å². The molecule has 75 heavy (non-hydrogen) atoms. The van der Waals surface area contributed by atoms with Crippen LogP contribution in [0.3, 0.4) is 0 Å². The molecule has 0 aromatic heterocycles. The van der Waals surface area contributed by atoms with Crippen molar-refractivity contribution < 1.29 is 71.4 Å². The molecule has 0 bridgehead atoms. The van der Waals surface area contributed by atoms with Gasteiger partial charge in [-0.3, -0.25) is 0 Å². The van der Waals surface area contributed by atoms with Gasteiger partial charge < -0.3 is 26.3 Å². The smallest absolute Gasteiger partial charge is 0.425 e. The average molecular weight is 1440 g/mol. The molecule has 0 atom stereocenters. The van der Waals surface area contributed by atoms with E-state index in [9.17, 15) is 50.4 Å². The third kappa shape index (κ3) is 34.6. The van der Waals surface area contributed by atoms with Crippen LogP contribution in [0.1, 0.15) is 64.2 Å². The Morgan fingerprint density at radius 3 is 0.707 bits per heavy atom. The number of halogens is 16. The molecule has 8 rings (SSSR count). The second-order valence-corrected chi connectivity index (χ2v) is 28.7. The van der Waals surface area contributed by atoms with E-state index >= 15 is 0 Å². The second kappa shape index (κ2) is 31.7. The molecule has 25 heteroatoms. The summed E-state index contributed by atoms with van der Waals surface area (Å²) in [4.78, 5) is 0. The van der Waals surface area contributed by atoms with Crippen molar-refractivity contribution >= 4 is 127 Å². The minimum Gasteiger partial charge on any atom is -0.425 e. The van der Waals surface area contributed by atoms with E-state index in [2.05, 4.69) is 191 Å². The Balaban J connectivity index is 0.000000375. The SMILES string of the molecule is ClCCl.ClCCl.F[P-](F)(F)(F)(F)F.F[P-](F)(F)(F)(F)F.[Pt+4].c1ccc([P-]N(C2CCCCC2)P(c2ccccc2)c2ccccc2)cc1.c1ccc([P-]N(C2CCCCC2)P(c2ccccc2)c2ccccc2)cc1. The molecule has 2 fully saturated rings. The van der Waals surface area contributed by atoms with Crippen LogP contribution in [0.15, 0.2) is 182 Å². The molecule has 2 saturated carbocycles. The average Bonchev–Trinajstić information content (AvgIpc) is 3.35. The standard InChI is InChI=1S/2C24H26NP2.2CH2Cl2.2F6P.Pt/c2*1-5-13-21(14-6-1)25(26-22-15-7-2-8-16-22)27(23-17-9-3-10-18-23)24-19-11-4-12-20-24;2*2-1-3;2*1-7(2,3,4,5)6;/h2*2-4,7-12,15-21H,1,5-6,13-14H2;2*1H2;;;/q2*-1;;;2*-1;+4. The molecule has 0 aliphatic heterocycles. The maximum atomic E-state index is 9.87. The fourth-order valence-electron chi connectivity index (χ4n) is 7.48. The van der Waals surface area contributed by atoms with Crippen LogP contribution < -0.4 is 31.8 Å². The van der Waals surface area contributed by atoms with Crippen LogP contribution in [0.4, 0.5) is 50.4 Å². The minimum atomic E-state index is -10.7. The van der Waals surface area contributed by atoms with Crippen molar-refractivity contribution in [2.45, 2.75) is 76.3 Å². The Hall–Kier alpha value is -1.17. The van der Waals surface area contributed by atoms with Crippen molar-refractivity contribution in [3.8, 4) is 0 Å². The third-order valence-electron chi connectivity index (χ3n) is 10.2. The van der Waals surface area contributed by atoms with Crippen molar-refractivity contribution in [3.63, 3.8) is 0 Å². The predicted octanol–water partition coefficient (Wildman–Crippen LogP) is 21.3. The van der Waals surface area contributed by atoms with E-state index in [1.165, 1.54) is 113 Å². The molecule has 0 unspecified atom stereocenters. The molecule has 6 aromatic rings. The molecular formula is C50H56Cl4F12N2P6Pt. The summed E-state index contributed by atoms with van der Waals surface area (Å²) in [7, 11) is -19.7. The van der Waals surface area contributed by atoms with E-state index in [1.54, 1.807) is 0 Å². The molecular weight excluding hydrogens is 1380 g/mol. The van der Waals surface area contributed by atoms with Gasteiger partial charge in [-0.05, 0) is 75.1 Å². The molecule has 2 aliphatic rings. The molecule has 0 spiro atoms. The minimum absolute atomic E-state index is 0. The first-order valence-corrected chi connectivity index (χ1v) is 33.3. The van der Waals surface area contributed by atoms with Crippen molar-refractivity contribution in [3.05, 3.63) is 182 Å². The van der Waals surface area contributed by atoms with Crippen molar-refractivity contribution in [2.24, 2.45) is 0 Å². The Kier molecular flexibility index (Phi) is 29.6. The molecule has 0 radical (unpaired) electrons. The third-order valence-corrected chi connectivity index (χ3v) is 18.5. The number of hydrogen-bond acceptors (Lipinski definition) is 2. The van der Waals surface area contributed by atoms with Gasteiger partial charge in [0, 0.05) is 0 Å². The van der Waals surface area contributed by atoms with Crippen LogP contribution in [-0.4, -0.2) is 31.6 Å². The van der Waals surface area contributed by atoms with Crippen LogP contribution in [-0.2, 0) is 21.1 Å². The molecule has 0 saturated heterocycles. The van der Waals surface area contributed by atoms with Gasteiger partial charge >= 0.3 is 87.0 Å². The van der Waals surface area contributed by atoms with Gasteiger partial charge in [0.15, 0.2) is 0 Å². The maximum Gasteiger partial charge on any atom is 4.00 e. The number of hydrogen-bond donors (Lipinski definition) is 0. The van der Waals surface area contributed by atoms with Gasteiger partial charge in [-0.25, -0.2) is 0 Å². The normalized spacial score (nSPS) is 16.2. The quantitative estimate of drug-likeness (QED) is 0.0684. The first-order chi connectivity index (χ1) is 34.6. The van der Waals surface area contributed by atoms with Gasteiger partial charge in [-0.1, -0.05) is 221 Å². The van der Waals surface area contributed by atoms with Crippen molar-refractivity contribution in [1.29, 1.82) is 0 Å². The molecule has 6 aromatic carbocycles. The van der Waals surface area contributed by atoms with Gasteiger partial charge in [-0.2, -0.15) is 10.6 Å². The molecule has 2 nitrogen and oxygen atoms in total. The topological polar surface area (TPSA) is 6.48 Å². The summed E-state index contributed by atoms with van der Waals surface area (Å²) in [5, 5.41) is 8.98. The summed E-state index contributed by atoms with van der Waals surface area (Å²) in [6.07, 6.45) is 13.5. The Bertz CT molecular complexity index is 2160. The van der Waals surface area contributed by atoms with E-state index in [4.69, 9.17) is 46.4 Å². The monoisotopic (exact) mass is 1430 g/mol. The molecule has 0 amide bonds. The summed E-state index contributed by atoms with van der Waals surface area (Å²) in [5.74, 6) is 0. The summed E-state index contributed by atoms with van der Waals surface area (Å²) in [6, 6.07) is 67.8. The van der Waals surface area contributed by atoms with Crippen molar-refractivity contribution in [2.75, 3.05) is 10.7 Å². The Morgan fingerprint density at radius 1 is 0.347 bits per heavy atom. The number of nitrogens with zero attached hydrogens (tertiary/aromatic N) is 2. The zero-order valence-electron chi connectivity index (χ0n) is 39.9. The predicted molar refractivity (Wildman–Crippen MR) is 302 cm³/mol. The Morgan fingerprint density at radius 2 is 0.520 bits per heavy atom. The van der Waals surface area contributed by atoms with E-state index in [-0.39, 0.29) is 31.7 Å². The molecule has 2 aliphatic carbocycles. The van der Waals surface area contributed by atoms with Crippen LogP contribution in [0.5, 0.6) is 0 Å². The number of benzene rings is 6. The number of rotatable bonds is 12. The van der Waals surface area contributed by atoms with E-state index in [0.29, 0.717) is 12.1 Å². The van der Waals surface area contributed by atoms with Gasteiger partial charge in [-0.15, -0.1) is 46.4 Å². The summed E-state index contributed by atoms with van der Waals surface area (Å²) < 4.78 is 124. The zero-order valence-corrected chi connectivity index (χ0v) is 50.6. The first kappa shape index (κ1) is 69.9. The molecule has 0 heterocycles. The van der Waals surface area contributed by atoms with Crippen molar-refractivity contribution in [1.82, 2.24) is 8.88 Å². The van der Waals surface area contributed by atoms with E-state index < -0.39 is 31.8 Å². The van der Waals surface area contributed by atoms with E-state index in [0.717, 1.165) is 0 Å².